The average molecular weight is 253 g/mol. The maximum atomic E-state index is 10.7. The van der Waals surface area contributed by atoms with Crippen molar-refractivity contribution in [3.63, 3.8) is 0 Å². The van der Waals surface area contributed by atoms with Gasteiger partial charge >= 0.3 is 5.97 Å². The lowest BCUT2D eigenvalue weighted by molar-refractivity contribution is -0.140. The highest BCUT2D eigenvalue weighted by atomic mass is 16.5. The second-order valence-corrected chi connectivity index (χ2v) is 4.27. The van der Waals surface area contributed by atoms with Crippen molar-refractivity contribution in [2.75, 3.05) is 6.61 Å². The third-order valence-corrected chi connectivity index (χ3v) is 2.30. The number of benzene rings is 1. The normalized spacial score (nSPS) is 12.4. The van der Waals surface area contributed by atoms with Gasteiger partial charge in [0.1, 0.15) is 11.8 Å². The summed E-state index contributed by atoms with van der Waals surface area (Å²) < 4.78 is 5.54. The van der Waals surface area contributed by atoms with Crippen molar-refractivity contribution in [1.82, 2.24) is 5.32 Å². The number of carbonyl (C=O) groups is 1. The van der Waals surface area contributed by atoms with E-state index in [1.54, 1.807) is 0 Å². The summed E-state index contributed by atoms with van der Waals surface area (Å²) in [5.74, 6) is -0.313. The van der Waals surface area contributed by atoms with Crippen LogP contribution in [0, 0.1) is 0 Å². The van der Waals surface area contributed by atoms with Gasteiger partial charge in [-0.15, -0.1) is 0 Å². The largest absolute Gasteiger partial charge is 0.491 e. The lowest BCUT2D eigenvalue weighted by atomic mass is 10.2. The molecule has 5 nitrogen and oxygen atoms in total. The first-order chi connectivity index (χ1) is 8.52. The molecular weight excluding hydrogens is 234 g/mol. The van der Waals surface area contributed by atoms with Crippen LogP contribution in [0.1, 0.15) is 19.4 Å². The molecule has 1 aromatic rings. The van der Waals surface area contributed by atoms with Crippen LogP contribution in [-0.4, -0.2) is 34.9 Å². The fourth-order valence-corrected chi connectivity index (χ4v) is 1.47. The van der Waals surface area contributed by atoms with Gasteiger partial charge in [-0.1, -0.05) is 12.1 Å². The molecule has 100 valence electrons. The van der Waals surface area contributed by atoms with E-state index in [9.17, 15) is 4.79 Å². The van der Waals surface area contributed by atoms with Gasteiger partial charge in [0.2, 0.25) is 0 Å². The van der Waals surface area contributed by atoms with Crippen LogP contribution in [0.2, 0.25) is 0 Å². The number of hydrogen-bond donors (Lipinski definition) is 3. The van der Waals surface area contributed by atoms with E-state index < -0.39 is 18.6 Å². The molecule has 1 rings (SSSR count). The summed E-state index contributed by atoms with van der Waals surface area (Å²) in [5.41, 5.74) is 0.910. The van der Waals surface area contributed by atoms with Crippen LogP contribution in [0.3, 0.4) is 0 Å². The van der Waals surface area contributed by atoms with E-state index in [1.807, 2.05) is 38.1 Å². The third-order valence-electron chi connectivity index (χ3n) is 2.30. The van der Waals surface area contributed by atoms with E-state index in [1.165, 1.54) is 0 Å². The van der Waals surface area contributed by atoms with Gasteiger partial charge in [0.15, 0.2) is 0 Å². The Morgan fingerprint density at radius 3 is 2.72 bits per heavy atom. The summed E-state index contributed by atoms with van der Waals surface area (Å²) in [6.07, 6.45) is 0.0948. The van der Waals surface area contributed by atoms with Crippen molar-refractivity contribution >= 4 is 5.97 Å². The Morgan fingerprint density at radius 1 is 1.44 bits per heavy atom. The van der Waals surface area contributed by atoms with Crippen LogP contribution in [-0.2, 0) is 11.3 Å². The van der Waals surface area contributed by atoms with E-state index in [-0.39, 0.29) is 6.10 Å². The van der Waals surface area contributed by atoms with Crippen LogP contribution in [0.5, 0.6) is 5.75 Å². The SMILES string of the molecule is CC(C)Oc1cccc(CNC(CO)C(=O)O)c1. The number of aliphatic carboxylic acids is 1. The zero-order valence-corrected chi connectivity index (χ0v) is 10.6. The van der Waals surface area contributed by atoms with Gasteiger partial charge in [-0.3, -0.25) is 10.1 Å². The van der Waals surface area contributed by atoms with Crippen molar-refractivity contribution in [2.45, 2.75) is 32.5 Å². The molecule has 0 saturated carbocycles. The maximum absolute atomic E-state index is 10.7. The van der Waals surface area contributed by atoms with Crippen LogP contribution in [0.15, 0.2) is 24.3 Å². The third kappa shape index (κ3) is 4.73. The Labute approximate surface area is 106 Å². The van der Waals surface area contributed by atoms with E-state index in [0.29, 0.717) is 6.54 Å². The van der Waals surface area contributed by atoms with Crippen molar-refractivity contribution in [3.05, 3.63) is 29.8 Å². The molecule has 0 aromatic heterocycles. The topological polar surface area (TPSA) is 78.8 Å². The summed E-state index contributed by atoms with van der Waals surface area (Å²) in [6, 6.07) is 6.48. The molecule has 0 fully saturated rings. The quantitative estimate of drug-likeness (QED) is 0.676. The number of carboxylic acid groups (broad SMARTS) is 1. The lowest BCUT2D eigenvalue weighted by Crippen LogP contribution is -2.39. The summed E-state index contributed by atoms with van der Waals surface area (Å²) in [5, 5.41) is 20.4. The molecule has 3 N–H and O–H groups in total. The second-order valence-electron chi connectivity index (χ2n) is 4.27. The van der Waals surface area contributed by atoms with Gasteiger partial charge in [0.05, 0.1) is 12.7 Å². The van der Waals surface area contributed by atoms with E-state index in [4.69, 9.17) is 14.9 Å². The van der Waals surface area contributed by atoms with Gasteiger partial charge in [-0.05, 0) is 31.5 Å². The summed E-state index contributed by atoms with van der Waals surface area (Å²) in [7, 11) is 0. The smallest absolute Gasteiger partial charge is 0.323 e. The fourth-order valence-electron chi connectivity index (χ4n) is 1.47. The van der Waals surface area contributed by atoms with Crippen LogP contribution >= 0.6 is 0 Å². The monoisotopic (exact) mass is 253 g/mol. The molecule has 0 saturated heterocycles. The van der Waals surface area contributed by atoms with E-state index in [2.05, 4.69) is 5.32 Å². The van der Waals surface area contributed by atoms with Gasteiger partial charge in [-0.25, -0.2) is 0 Å². The molecule has 1 unspecified atom stereocenters. The first kappa shape index (κ1) is 14.5. The summed E-state index contributed by atoms with van der Waals surface area (Å²) >= 11 is 0. The zero-order chi connectivity index (χ0) is 13.5. The predicted octanol–water partition coefficient (Wildman–Crippen LogP) is 1.01. The number of aliphatic hydroxyl groups is 1. The first-order valence-corrected chi connectivity index (χ1v) is 5.85. The Kier molecular flexibility index (Phi) is 5.61. The lowest BCUT2D eigenvalue weighted by Gasteiger charge is -2.13. The maximum Gasteiger partial charge on any atom is 0.323 e. The Balaban J connectivity index is 2.59. The molecule has 0 aliphatic rings. The van der Waals surface area contributed by atoms with Crippen molar-refractivity contribution < 1.29 is 19.7 Å². The predicted molar refractivity (Wildman–Crippen MR) is 67.6 cm³/mol. The average Bonchev–Trinajstić information content (AvgIpc) is 2.29. The van der Waals surface area contributed by atoms with Gasteiger partial charge in [-0.2, -0.15) is 0 Å². The summed E-state index contributed by atoms with van der Waals surface area (Å²) in [4.78, 5) is 10.7. The minimum Gasteiger partial charge on any atom is -0.491 e. The fraction of sp³-hybridized carbons (Fsp3) is 0.462. The molecule has 0 aliphatic heterocycles. The molecule has 5 heteroatoms. The van der Waals surface area contributed by atoms with Crippen molar-refractivity contribution in [2.24, 2.45) is 0 Å². The Bertz CT molecular complexity index is 392. The number of carboxylic acids is 1. The number of rotatable bonds is 7. The number of hydrogen-bond acceptors (Lipinski definition) is 4. The highest BCUT2D eigenvalue weighted by Gasteiger charge is 2.14. The minimum atomic E-state index is -1.06. The molecular formula is C13H19NO4. The van der Waals surface area contributed by atoms with Crippen molar-refractivity contribution in [1.29, 1.82) is 0 Å². The standard InChI is InChI=1S/C13H19NO4/c1-9(2)18-11-5-3-4-10(6-11)7-14-12(8-15)13(16)17/h3-6,9,12,14-15H,7-8H2,1-2H3,(H,16,17). The zero-order valence-electron chi connectivity index (χ0n) is 10.6. The molecule has 0 aliphatic carbocycles. The van der Waals surface area contributed by atoms with Crippen LogP contribution in [0.25, 0.3) is 0 Å². The molecule has 0 bridgehead atoms. The number of aliphatic hydroxyl groups excluding tert-OH is 1. The van der Waals surface area contributed by atoms with Crippen molar-refractivity contribution in [3.8, 4) is 5.75 Å². The molecule has 0 radical (unpaired) electrons. The minimum absolute atomic E-state index is 0.0948. The van der Waals surface area contributed by atoms with E-state index >= 15 is 0 Å². The van der Waals surface area contributed by atoms with Gasteiger partial charge < -0.3 is 14.9 Å². The highest BCUT2D eigenvalue weighted by Crippen LogP contribution is 2.14. The Morgan fingerprint density at radius 2 is 2.17 bits per heavy atom. The molecule has 0 spiro atoms. The second kappa shape index (κ2) is 6.98. The Hall–Kier alpha value is -1.59. The number of nitrogens with one attached hydrogen (secondary N) is 1. The van der Waals surface area contributed by atoms with Gasteiger partial charge in [0.25, 0.3) is 0 Å². The summed E-state index contributed by atoms with van der Waals surface area (Å²) in [6.45, 7) is 3.82. The molecule has 1 aromatic carbocycles. The van der Waals surface area contributed by atoms with Crippen LogP contribution < -0.4 is 10.1 Å². The molecule has 0 heterocycles. The number of ether oxygens (including phenoxy) is 1. The van der Waals surface area contributed by atoms with Crippen LogP contribution in [0.4, 0.5) is 0 Å². The molecule has 0 amide bonds. The highest BCUT2D eigenvalue weighted by molar-refractivity contribution is 5.73. The molecule has 18 heavy (non-hydrogen) atoms. The van der Waals surface area contributed by atoms with E-state index in [0.717, 1.165) is 11.3 Å². The first-order valence-electron chi connectivity index (χ1n) is 5.85. The molecule has 1 atom stereocenters. The van der Waals surface area contributed by atoms with Gasteiger partial charge in [0, 0.05) is 6.54 Å².